The van der Waals surface area contributed by atoms with Crippen LogP contribution in [0.25, 0.3) is 5.69 Å². The van der Waals surface area contributed by atoms with Crippen molar-refractivity contribution in [3.8, 4) is 17.2 Å². The zero-order chi connectivity index (χ0) is 22.3. The Hall–Kier alpha value is -3.32. The predicted octanol–water partition coefficient (Wildman–Crippen LogP) is 3.56. The molecule has 3 aromatic rings. The molecule has 1 aromatic heterocycles. The summed E-state index contributed by atoms with van der Waals surface area (Å²) in [7, 11) is 1.67. The van der Waals surface area contributed by atoms with Crippen LogP contribution in [0.3, 0.4) is 0 Å². The third-order valence-electron chi connectivity index (χ3n) is 5.72. The average Bonchev–Trinajstić information content (AvgIpc) is 3.30. The highest BCUT2D eigenvalue weighted by atomic mass is 16.5. The molecule has 2 aromatic carbocycles. The molecule has 0 bridgehead atoms. The predicted molar refractivity (Wildman–Crippen MR) is 123 cm³/mol. The molecule has 168 valence electrons. The van der Waals surface area contributed by atoms with Crippen LogP contribution in [0.1, 0.15) is 30.9 Å². The van der Waals surface area contributed by atoms with Gasteiger partial charge in [-0.2, -0.15) is 5.10 Å². The first-order valence-electron chi connectivity index (χ1n) is 11.1. The van der Waals surface area contributed by atoms with Crippen molar-refractivity contribution in [2.45, 2.75) is 39.0 Å². The van der Waals surface area contributed by atoms with Gasteiger partial charge in [0.1, 0.15) is 17.6 Å². The summed E-state index contributed by atoms with van der Waals surface area (Å²) in [5.74, 6) is 1.77. The molecule has 32 heavy (non-hydrogen) atoms. The number of rotatable bonds is 8. The van der Waals surface area contributed by atoms with Gasteiger partial charge in [-0.25, -0.2) is 4.68 Å². The molecule has 1 amide bonds. The number of ether oxygens (including phenoxy) is 2. The van der Waals surface area contributed by atoms with Crippen LogP contribution in [0.5, 0.6) is 11.5 Å². The Bertz CT molecular complexity index is 1020. The Morgan fingerprint density at radius 2 is 2.09 bits per heavy atom. The van der Waals surface area contributed by atoms with Gasteiger partial charge in [0.2, 0.25) is 5.91 Å². The Morgan fingerprint density at radius 3 is 2.81 bits per heavy atom. The summed E-state index contributed by atoms with van der Waals surface area (Å²) in [5, 5.41) is 7.26. The normalized spacial score (nSPS) is 16.0. The lowest BCUT2D eigenvalue weighted by atomic mass is 10.1. The van der Waals surface area contributed by atoms with Gasteiger partial charge in [0.15, 0.2) is 0 Å². The number of hydrogen-bond donors (Lipinski definition) is 1. The van der Waals surface area contributed by atoms with Crippen molar-refractivity contribution in [2.24, 2.45) is 0 Å². The topological polar surface area (TPSA) is 68.6 Å². The van der Waals surface area contributed by atoms with Crippen molar-refractivity contribution in [3.05, 3.63) is 72.1 Å². The molecule has 0 saturated heterocycles. The molecule has 0 saturated carbocycles. The fraction of sp³-hybridized carbons (Fsp3) is 0.360. The molecular formula is C25H30N4O3. The highest BCUT2D eigenvalue weighted by Gasteiger charge is 2.22. The number of nitrogens with one attached hydrogen (secondary N) is 1. The lowest BCUT2D eigenvalue weighted by Crippen LogP contribution is -2.35. The van der Waals surface area contributed by atoms with E-state index in [0.717, 1.165) is 47.8 Å². The largest absolute Gasteiger partial charge is 0.497 e. The molecular weight excluding hydrogens is 404 g/mol. The van der Waals surface area contributed by atoms with E-state index in [0.29, 0.717) is 19.5 Å². The lowest BCUT2D eigenvalue weighted by Gasteiger charge is -2.22. The number of carbonyl (C=O) groups excluding carboxylic acids is 1. The minimum Gasteiger partial charge on any atom is -0.497 e. The van der Waals surface area contributed by atoms with E-state index in [4.69, 9.17) is 9.47 Å². The molecule has 1 N–H and O–H groups in total. The summed E-state index contributed by atoms with van der Waals surface area (Å²) < 4.78 is 13.4. The van der Waals surface area contributed by atoms with Gasteiger partial charge in [-0.05, 0) is 48.4 Å². The SMILES string of the molecule is CCC1CN(CCC(=O)NCc2ccc(-n3cccn3)cc2)Cc2cc(OC)ccc2O1. The van der Waals surface area contributed by atoms with E-state index in [9.17, 15) is 4.79 Å². The van der Waals surface area contributed by atoms with Crippen LogP contribution in [-0.4, -0.2) is 46.9 Å². The van der Waals surface area contributed by atoms with E-state index < -0.39 is 0 Å². The number of methoxy groups -OCH3 is 1. The highest BCUT2D eigenvalue weighted by Crippen LogP contribution is 2.29. The number of benzene rings is 2. The molecule has 4 rings (SSSR count). The van der Waals surface area contributed by atoms with Gasteiger partial charge in [-0.1, -0.05) is 19.1 Å². The minimum absolute atomic E-state index is 0.0465. The van der Waals surface area contributed by atoms with E-state index in [1.807, 2.05) is 59.4 Å². The van der Waals surface area contributed by atoms with Gasteiger partial charge in [-0.15, -0.1) is 0 Å². The van der Waals surface area contributed by atoms with Gasteiger partial charge < -0.3 is 14.8 Å². The smallest absolute Gasteiger partial charge is 0.221 e. The number of hydrogen-bond acceptors (Lipinski definition) is 5. The Kier molecular flexibility index (Phi) is 7.07. The van der Waals surface area contributed by atoms with Crippen LogP contribution in [0.15, 0.2) is 60.9 Å². The fourth-order valence-electron chi connectivity index (χ4n) is 3.85. The molecule has 2 heterocycles. The molecule has 1 aliphatic rings. The zero-order valence-corrected chi connectivity index (χ0v) is 18.7. The second-order valence-corrected chi connectivity index (χ2v) is 8.00. The van der Waals surface area contributed by atoms with Gasteiger partial charge >= 0.3 is 0 Å². The Labute approximate surface area is 188 Å². The van der Waals surface area contributed by atoms with Crippen molar-refractivity contribution in [1.29, 1.82) is 0 Å². The van der Waals surface area contributed by atoms with Crippen molar-refractivity contribution in [1.82, 2.24) is 20.0 Å². The standard InChI is InChI=1S/C25H30N4O3/c1-3-22-18-28(17-20-15-23(31-2)9-10-24(20)32-22)14-11-25(30)26-16-19-5-7-21(8-6-19)29-13-4-12-27-29/h4-10,12-13,15,22H,3,11,14,16-18H2,1-2H3,(H,26,30). The van der Waals surface area contributed by atoms with E-state index in [-0.39, 0.29) is 12.0 Å². The van der Waals surface area contributed by atoms with E-state index in [2.05, 4.69) is 22.2 Å². The molecule has 7 heteroatoms. The summed E-state index contributed by atoms with van der Waals surface area (Å²) in [4.78, 5) is 14.8. The number of fused-ring (bicyclic) bond motifs is 1. The third-order valence-corrected chi connectivity index (χ3v) is 5.72. The molecule has 1 atom stereocenters. The van der Waals surface area contributed by atoms with Crippen molar-refractivity contribution < 1.29 is 14.3 Å². The number of aromatic nitrogens is 2. The Balaban J connectivity index is 1.29. The van der Waals surface area contributed by atoms with Crippen LogP contribution in [0, 0.1) is 0 Å². The lowest BCUT2D eigenvalue weighted by molar-refractivity contribution is -0.121. The molecule has 7 nitrogen and oxygen atoms in total. The number of amides is 1. The third kappa shape index (κ3) is 5.48. The van der Waals surface area contributed by atoms with E-state index in [1.165, 1.54) is 0 Å². The zero-order valence-electron chi connectivity index (χ0n) is 18.7. The fourth-order valence-corrected chi connectivity index (χ4v) is 3.85. The quantitative estimate of drug-likeness (QED) is 0.587. The maximum absolute atomic E-state index is 12.5. The first kappa shape index (κ1) is 21.9. The van der Waals surface area contributed by atoms with Crippen LogP contribution in [-0.2, 0) is 17.9 Å². The molecule has 0 radical (unpaired) electrons. The monoisotopic (exact) mass is 434 g/mol. The van der Waals surface area contributed by atoms with E-state index in [1.54, 1.807) is 13.3 Å². The second-order valence-electron chi connectivity index (χ2n) is 8.00. The van der Waals surface area contributed by atoms with Crippen LogP contribution in [0.4, 0.5) is 0 Å². The minimum atomic E-state index is 0.0465. The summed E-state index contributed by atoms with van der Waals surface area (Å²) in [5.41, 5.74) is 3.15. The molecule has 0 fully saturated rings. The highest BCUT2D eigenvalue weighted by molar-refractivity contribution is 5.76. The van der Waals surface area contributed by atoms with Crippen LogP contribution < -0.4 is 14.8 Å². The van der Waals surface area contributed by atoms with Gasteiger partial charge in [0, 0.05) is 50.6 Å². The van der Waals surface area contributed by atoms with Crippen molar-refractivity contribution in [2.75, 3.05) is 20.2 Å². The van der Waals surface area contributed by atoms with Crippen LogP contribution >= 0.6 is 0 Å². The molecule has 1 unspecified atom stereocenters. The van der Waals surface area contributed by atoms with Crippen molar-refractivity contribution >= 4 is 5.91 Å². The summed E-state index contributed by atoms with van der Waals surface area (Å²) in [6.45, 7) is 4.86. The van der Waals surface area contributed by atoms with Crippen molar-refractivity contribution in [3.63, 3.8) is 0 Å². The Morgan fingerprint density at radius 1 is 1.25 bits per heavy atom. The second kappa shape index (κ2) is 10.3. The van der Waals surface area contributed by atoms with Gasteiger partial charge in [0.05, 0.1) is 12.8 Å². The van der Waals surface area contributed by atoms with Gasteiger partial charge in [0.25, 0.3) is 0 Å². The average molecular weight is 435 g/mol. The number of nitrogens with zero attached hydrogens (tertiary/aromatic N) is 3. The van der Waals surface area contributed by atoms with Crippen LogP contribution in [0.2, 0.25) is 0 Å². The summed E-state index contributed by atoms with van der Waals surface area (Å²) in [6.07, 6.45) is 5.13. The summed E-state index contributed by atoms with van der Waals surface area (Å²) >= 11 is 0. The number of carbonyl (C=O) groups is 1. The van der Waals surface area contributed by atoms with Gasteiger partial charge in [-0.3, -0.25) is 9.69 Å². The first-order chi connectivity index (χ1) is 15.6. The first-order valence-corrected chi connectivity index (χ1v) is 11.1. The molecule has 1 aliphatic heterocycles. The molecule has 0 aliphatic carbocycles. The van der Waals surface area contributed by atoms with E-state index >= 15 is 0 Å². The molecule has 0 spiro atoms. The maximum Gasteiger partial charge on any atom is 0.221 e. The maximum atomic E-state index is 12.5. The summed E-state index contributed by atoms with van der Waals surface area (Å²) in [6, 6.07) is 15.8.